The first-order valence-corrected chi connectivity index (χ1v) is 6.65. The van der Waals surface area contributed by atoms with Crippen LogP contribution < -0.4 is 4.90 Å². The van der Waals surface area contributed by atoms with Crippen LogP contribution in [0.25, 0.3) is 11.4 Å². The molecule has 22 heavy (non-hydrogen) atoms. The van der Waals surface area contributed by atoms with Gasteiger partial charge in [0.05, 0.1) is 5.92 Å². The third-order valence-corrected chi connectivity index (χ3v) is 3.55. The van der Waals surface area contributed by atoms with Crippen LogP contribution >= 0.6 is 0 Å². The van der Waals surface area contributed by atoms with Gasteiger partial charge in [0.15, 0.2) is 5.82 Å². The van der Waals surface area contributed by atoms with E-state index in [0.717, 1.165) is 0 Å². The number of aromatic nitrogens is 4. The molecular weight excluding hydrogens is 299 g/mol. The Hall–Kier alpha value is -2.45. The minimum Gasteiger partial charge on any atom is -0.281 e. The van der Waals surface area contributed by atoms with Crippen LogP contribution in [-0.4, -0.2) is 38.8 Å². The van der Waals surface area contributed by atoms with Crippen molar-refractivity contribution in [1.29, 1.82) is 0 Å². The molecule has 1 aliphatic heterocycles. The maximum absolute atomic E-state index is 12.7. The average Bonchev–Trinajstić information content (AvgIpc) is 2.96. The molecule has 9 heteroatoms. The van der Waals surface area contributed by atoms with Crippen molar-refractivity contribution in [2.45, 2.75) is 19.0 Å². The van der Waals surface area contributed by atoms with Crippen LogP contribution in [0.5, 0.6) is 0 Å². The molecule has 0 bridgehead atoms. The van der Waals surface area contributed by atoms with Crippen molar-refractivity contribution in [2.75, 3.05) is 11.4 Å². The summed E-state index contributed by atoms with van der Waals surface area (Å²) in [4.78, 5) is 21.2. The summed E-state index contributed by atoms with van der Waals surface area (Å²) < 4.78 is 38.0. The quantitative estimate of drug-likeness (QED) is 0.922. The van der Waals surface area contributed by atoms with Crippen LogP contribution in [0.15, 0.2) is 24.5 Å². The molecular formula is C13H12F3N5O. The Morgan fingerprint density at radius 2 is 2.00 bits per heavy atom. The van der Waals surface area contributed by atoms with E-state index in [1.54, 1.807) is 24.5 Å². The summed E-state index contributed by atoms with van der Waals surface area (Å²) in [5, 5.41) is 6.58. The number of hydrogen-bond donors (Lipinski definition) is 1. The molecule has 0 aromatic carbocycles. The summed E-state index contributed by atoms with van der Waals surface area (Å²) in [7, 11) is 0. The smallest absolute Gasteiger partial charge is 0.281 e. The topological polar surface area (TPSA) is 74.8 Å². The Bertz CT molecular complexity index is 670. The van der Waals surface area contributed by atoms with E-state index >= 15 is 0 Å². The fourth-order valence-electron chi connectivity index (χ4n) is 2.34. The number of piperidine rings is 1. The lowest BCUT2D eigenvalue weighted by Crippen LogP contribution is -2.43. The molecule has 1 atom stereocenters. The molecule has 1 fully saturated rings. The Kier molecular flexibility index (Phi) is 3.55. The van der Waals surface area contributed by atoms with Gasteiger partial charge in [0, 0.05) is 30.9 Å². The molecule has 3 heterocycles. The minimum absolute atomic E-state index is 0.0337. The van der Waals surface area contributed by atoms with Crippen molar-refractivity contribution < 1.29 is 18.0 Å². The third kappa shape index (κ3) is 2.78. The number of carbonyl (C=O) groups is 1. The van der Waals surface area contributed by atoms with Crippen molar-refractivity contribution in [3.63, 3.8) is 0 Å². The van der Waals surface area contributed by atoms with Gasteiger partial charge in [-0.2, -0.15) is 23.3 Å². The van der Waals surface area contributed by atoms with Gasteiger partial charge in [0.1, 0.15) is 0 Å². The van der Waals surface area contributed by atoms with Crippen LogP contribution in [0.1, 0.15) is 12.8 Å². The zero-order chi connectivity index (χ0) is 15.7. The summed E-state index contributed by atoms with van der Waals surface area (Å²) in [5.41, 5.74) is 0.704. The lowest BCUT2D eigenvalue weighted by Gasteiger charge is -2.30. The molecule has 1 N–H and O–H groups in total. The van der Waals surface area contributed by atoms with E-state index in [-0.39, 0.29) is 18.9 Å². The molecule has 2 aromatic heterocycles. The van der Waals surface area contributed by atoms with Gasteiger partial charge in [0.25, 0.3) is 0 Å². The van der Waals surface area contributed by atoms with E-state index in [1.165, 1.54) is 4.90 Å². The molecule has 116 valence electrons. The van der Waals surface area contributed by atoms with Crippen molar-refractivity contribution in [1.82, 2.24) is 20.2 Å². The number of anilines is 1. The molecule has 1 aliphatic rings. The first-order chi connectivity index (χ1) is 10.4. The SMILES string of the molecule is O=C1CC(C(F)(F)F)CCN1c1nc(-c2ccncc2)n[nH]1. The van der Waals surface area contributed by atoms with Crippen LogP contribution in [0, 0.1) is 5.92 Å². The number of carbonyl (C=O) groups excluding carboxylic acids is 1. The molecule has 1 unspecified atom stereocenters. The first kappa shape index (κ1) is 14.5. The van der Waals surface area contributed by atoms with Crippen LogP contribution in [0.3, 0.4) is 0 Å². The maximum Gasteiger partial charge on any atom is 0.392 e. The van der Waals surface area contributed by atoms with Crippen molar-refractivity contribution >= 4 is 11.9 Å². The number of rotatable bonds is 2. The lowest BCUT2D eigenvalue weighted by atomic mass is 9.96. The molecule has 1 amide bonds. The fraction of sp³-hybridized carbons (Fsp3) is 0.385. The largest absolute Gasteiger partial charge is 0.392 e. The molecule has 3 rings (SSSR count). The van der Waals surface area contributed by atoms with Gasteiger partial charge < -0.3 is 0 Å². The van der Waals surface area contributed by atoms with E-state index in [2.05, 4.69) is 20.2 Å². The number of pyridine rings is 1. The molecule has 0 aliphatic carbocycles. The number of H-pyrrole nitrogens is 1. The monoisotopic (exact) mass is 311 g/mol. The highest BCUT2D eigenvalue weighted by Gasteiger charge is 2.44. The average molecular weight is 311 g/mol. The van der Waals surface area contributed by atoms with Gasteiger partial charge in [0.2, 0.25) is 11.9 Å². The second kappa shape index (κ2) is 5.39. The molecule has 0 spiro atoms. The fourth-order valence-corrected chi connectivity index (χ4v) is 2.34. The highest BCUT2D eigenvalue weighted by molar-refractivity contribution is 5.92. The van der Waals surface area contributed by atoms with E-state index < -0.39 is 24.4 Å². The Morgan fingerprint density at radius 3 is 2.64 bits per heavy atom. The van der Waals surface area contributed by atoms with E-state index in [1.807, 2.05) is 0 Å². The van der Waals surface area contributed by atoms with E-state index in [0.29, 0.717) is 11.4 Å². The zero-order valence-electron chi connectivity index (χ0n) is 11.3. The summed E-state index contributed by atoms with van der Waals surface area (Å²) in [6.45, 7) is -0.0337. The summed E-state index contributed by atoms with van der Waals surface area (Å²) in [6.07, 6.45) is -1.89. The van der Waals surface area contributed by atoms with Crippen molar-refractivity contribution in [3.05, 3.63) is 24.5 Å². The van der Waals surface area contributed by atoms with Gasteiger partial charge in [-0.3, -0.25) is 14.7 Å². The van der Waals surface area contributed by atoms with Gasteiger partial charge >= 0.3 is 6.18 Å². The number of hydrogen-bond acceptors (Lipinski definition) is 4. The minimum atomic E-state index is -4.34. The number of nitrogens with zero attached hydrogens (tertiary/aromatic N) is 4. The molecule has 2 aromatic rings. The van der Waals surface area contributed by atoms with Gasteiger partial charge in [-0.25, -0.2) is 5.10 Å². The van der Waals surface area contributed by atoms with Gasteiger partial charge in [-0.1, -0.05) is 0 Å². The van der Waals surface area contributed by atoms with Crippen LogP contribution in [0.4, 0.5) is 19.1 Å². The number of alkyl halides is 3. The summed E-state index contributed by atoms with van der Waals surface area (Å²) in [6, 6.07) is 3.40. The van der Waals surface area contributed by atoms with Crippen LogP contribution in [0.2, 0.25) is 0 Å². The van der Waals surface area contributed by atoms with E-state index in [9.17, 15) is 18.0 Å². The standard InChI is InChI=1S/C13H12F3N5O/c14-13(15,16)9-3-6-21(10(22)7-9)12-18-11(19-20-12)8-1-4-17-5-2-8/h1-2,4-5,9H,3,6-7H2,(H,18,19,20). The Balaban J connectivity index is 1.76. The van der Waals surface area contributed by atoms with Gasteiger partial charge in [-0.05, 0) is 18.6 Å². The number of amides is 1. The molecule has 6 nitrogen and oxygen atoms in total. The van der Waals surface area contributed by atoms with Crippen molar-refractivity contribution in [3.8, 4) is 11.4 Å². The van der Waals surface area contributed by atoms with Crippen LogP contribution in [-0.2, 0) is 4.79 Å². The highest BCUT2D eigenvalue weighted by Crippen LogP contribution is 2.35. The second-order valence-corrected chi connectivity index (χ2v) is 5.00. The first-order valence-electron chi connectivity index (χ1n) is 6.65. The third-order valence-electron chi connectivity index (χ3n) is 3.55. The Morgan fingerprint density at radius 1 is 1.27 bits per heavy atom. The number of halogens is 3. The molecule has 1 saturated heterocycles. The highest BCUT2D eigenvalue weighted by atomic mass is 19.4. The number of aromatic amines is 1. The lowest BCUT2D eigenvalue weighted by molar-refractivity contribution is -0.182. The zero-order valence-corrected chi connectivity index (χ0v) is 11.3. The molecule has 0 radical (unpaired) electrons. The molecule has 0 saturated carbocycles. The van der Waals surface area contributed by atoms with Gasteiger partial charge in [-0.15, -0.1) is 0 Å². The predicted molar refractivity (Wildman–Crippen MR) is 70.7 cm³/mol. The number of nitrogens with one attached hydrogen (secondary N) is 1. The summed E-state index contributed by atoms with van der Waals surface area (Å²) in [5.74, 6) is -1.66. The second-order valence-electron chi connectivity index (χ2n) is 5.00. The van der Waals surface area contributed by atoms with E-state index in [4.69, 9.17) is 0 Å². The summed E-state index contributed by atoms with van der Waals surface area (Å²) >= 11 is 0. The Labute approximate surface area is 123 Å². The van der Waals surface area contributed by atoms with Crippen molar-refractivity contribution in [2.24, 2.45) is 5.92 Å². The predicted octanol–water partition coefficient (Wildman–Crippen LogP) is 2.17. The normalized spacial score (nSPS) is 19.5. The maximum atomic E-state index is 12.7.